The summed E-state index contributed by atoms with van der Waals surface area (Å²) in [6.45, 7) is 1.65. The van der Waals surface area contributed by atoms with Crippen LogP contribution in [-0.4, -0.2) is 50.5 Å². The van der Waals surface area contributed by atoms with E-state index in [9.17, 15) is 4.79 Å². The van der Waals surface area contributed by atoms with Gasteiger partial charge in [-0.2, -0.15) is 9.61 Å². The summed E-state index contributed by atoms with van der Waals surface area (Å²) in [5.74, 6) is 1.74. The maximum absolute atomic E-state index is 12.7. The molecule has 1 aromatic carbocycles. The van der Waals surface area contributed by atoms with Crippen LogP contribution in [0.2, 0.25) is 0 Å². The summed E-state index contributed by atoms with van der Waals surface area (Å²) in [5.41, 5.74) is 0.640. The Morgan fingerprint density at radius 2 is 2.04 bits per heavy atom. The van der Waals surface area contributed by atoms with Crippen molar-refractivity contribution in [2.24, 2.45) is 0 Å². The second-order valence-electron chi connectivity index (χ2n) is 6.13. The molecule has 1 saturated heterocycles. The number of carbonyl (C=O) groups is 1. The van der Waals surface area contributed by atoms with Gasteiger partial charge in [-0.15, -0.1) is 10.2 Å². The summed E-state index contributed by atoms with van der Waals surface area (Å²) in [5, 5.41) is 13.5. The molecular formula is C16H15N5O3S. The zero-order chi connectivity index (χ0) is 16.8. The van der Waals surface area contributed by atoms with Gasteiger partial charge in [-0.3, -0.25) is 4.79 Å². The second-order valence-corrected chi connectivity index (χ2v) is 7.12. The molecule has 2 aliphatic rings. The van der Waals surface area contributed by atoms with E-state index in [0.29, 0.717) is 23.0 Å². The number of piperidine rings is 1. The predicted octanol–water partition coefficient (Wildman–Crippen LogP) is 1.93. The normalized spacial score (nSPS) is 17.4. The molecular weight excluding hydrogens is 342 g/mol. The third-order valence-corrected chi connectivity index (χ3v) is 5.73. The van der Waals surface area contributed by atoms with Gasteiger partial charge in [0.2, 0.25) is 11.8 Å². The summed E-state index contributed by atoms with van der Waals surface area (Å²) in [4.78, 5) is 15.4. The molecule has 2 aromatic heterocycles. The summed E-state index contributed by atoms with van der Waals surface area (Å²) in [6.07, 6.45) is 3.43. The zero-order valence-corrected chi connectivity index (χ0v) is 14.1. The molecule has 128 valence electrons. The minimum Gasteiger partial charge on any atom is -0.454 e. The van der Waals surface area contributed by atoms with Crippen LogP contribution >= 0.6 is 11.3 Å². The number of aromatic nitrogens is 4. The Morgan fingerprint density at radius 3 is 2.88 bits per heavy atom. The van der Waals surface area contributed by atoms with Crippen molar-refractivity contribution in [1.82, 2.24) is 24.7 Å². The Hall–Kier alpha value is -2.68. The van der Waals surface area contributed by atoms with Gasteiger partial charge in [0.05, 0.1) is 0 Å². The van der Waals surface area contributed by atoms with Crippen LogP contribution in [0.15, 0.2) is 24.5 Å². The van der Waals surface area contributed by atoms with Crippen molar-refractivity contribution in [2.45, 2.75) is 18.8 Å². The molecule has 0 radical (unpaired) electrons. The Kier molecular flexibility index (Phi) is 3.34. The first kappa shape index (κ1) is 14.6. The Labute approximate surface area is 147 Å². The molecule has 3 aromatic rings. The quantitative estimate of drug-likeness (QED) is 0.697. The topological polar surface area (TPSA) is 81.9 Å². The highest BCUT2D eigenvalue weighted by atomic mass is 32.1. The van der Waals surface area contributed by atoms with Crippen LogP contribution in [-0.2, 0) is 0 Å². The number of amides is 1. The number of ether oxygens (including phenoxy) is 2. The van der Waals surface area contributed by atoms with Crippen LogP contribution in [0.25, 0.3) is 4.96 Å². The van der Waals surface area contributed by atoms with Gasteiger partial charge in [0.25, 0.3) is 5.91 Å². The molecule has 0 N–H and O–H groups in total. The number of benzene rings is 1. The molecule has 0 atom stereocenters. The number of hydrogen-bond donors (Lipinski definition) is 0. The predicted molar refractivity (Wildman–Crippen MR) is 89.1 cm³/mol. The van der Waals surface area contributed by atoms with E-state index in [1.807, 2.05) is 4.90 Å². The highest BCUT2D eigenvalue weighted by Gasteiger charge is 2.28. The molecule has 0 bridgehead atoms. The number of nitrogens with zero attached hydrogens (tertiary/aromatic N) is 5. The monoisotopic (exact) mass is 357 g/mol. The van der Waals surface area contributed by atoms with Crippen LogP contribution < -0.4 is 9.47 Å². The van der Waals surface area contributed by atoms with Crippen LogP contribution in [0.4, 0.5) is 0 Å². The minimum absolute atomic E-state index is 0.0369. The van der Waals surface area contributed by atoms with E-state index >= 15 is 0 Å². The summed E-state index contributed by atoms with van der Waals surface area (Å²) < 4.78 is 12.4. The van der Waals surface area contributed by atoms with E-state index in [4.69, 9.17) is 9.47 Å². The molecule has 0 saturated carbocycles. The van der Waals surface area contributed by atoms with Crippen molar-refractivity contribution in [3.63, 3.8) is 0 Å². The van der Waals surface area contributed by atoms with Crippen molar-refractivity contribution >= 4 is 22.2 Å². The Balaban J connectivity index is 1.28. The molecule has 4 heterocycles. The molecule has 0 spiro atoms. The van der Waals surface area contributed by atoms with E-state index in [1.54, 1.807) is 40.4 Å². The first-order valence-corrected chi connectivity index (χ1v) is 8.95. The maximum Gasteiger partial charge on any atom is 0.253 e. The van der Waals surface area contributed by atoms with E-state index < -0.39 is 0 Å². The number of carbonyl (C=O) groups excluding carboxylic acids is 1. The fourth-order valence-electron chi connectivity index (χ4n) is 3.28. The summed E-state index contributed by atoms with van der Waals surface area (Å²) >= 11 is 1.57. The molecule has 8 nitrogen and oxygen atoms in total. The van der Waals surface area contributed by atoms with Gasteiger partial charge >= 0.3 is 0 Å². The maximum atomic E-state index is 12.7. The van der Waals surface area contributed by atoms with Crippen molar-refractivity contribution in [1.29, 1.82) is 0 Å². The lowest BCUT2D eigenvalue weighted by Crippen LogP contribution is -2.37. The van der Waals surface area contributed by atoms with E-state index in [2.05, 4.69) is 15.3 Å². The summed E-state index contributed by atoms with van der Waals surface area (Å²) in [6, 6.07) is 5.35. The van der Waals surface area contributed by atoms with Gasteiger partial charge in [0.15, 0.2) is 11.5 Å². The fourth-order valence-corrected chi connectivity index (χ4v) is 4.27. The van der Waals surface area contributed by atoms with Crippen LogP contribution in [0.1, 0.15) is 34.1 Å². The molecule has 0 unspecified atom stereocenters. The lowest BCUT2D eigenvalue weighted by molar-refractivity contribution is 0.0712. The lowest BCUT2D eigenvalue weighted by Gasteiger charge is -2.31. The zero-order valence-electron chi connectivity index (χ0n) is 13.3. The largest absolute Gasteiger partial charge is 0.454 e. The number of fused-ring (bicyclic) bond motifs is 2. The van der Waals surface area contributed by atoms with Crippen molar-refractivity contribution in [3.8, 4) is 11.5 Å². The average molecular weight is 357 g/mol. The lowest BCUT2D eigenvalue weighted by atomic mass is 9.97. The average Bonchev–Trinajstić information content (AvgIpc) is 3.36. The number of likely N-dealkylation sites (tertiary alicyclic amines) is 1. The van der Waals surface area contributed by atoms with Crippen molar-refractivity contribution < 1.29 is 14.3 Å². The van der Waals surface area contributed by atoms with Gasteiger partial charge in [-0.1, -0.05) is 11.3 Å². The molecule has 25 heavy (non-hydrogen) atoms. The van der Waals surface area contributed by atoms with Gasteiger partial charge in [0.1, 0.15) is 11.3 Å². The second kappa shape index (κ2) is 5.69. The molecule has 9 heteroatoms. The third kappa shape index (κ3) is 2.51. The standard InChI is InChI=1S/C16H15N5O3S/c22-15(11-1-2-12-13(7-11)24-9-23-12)20-5-3-10(4-6-20)14-19-21-8-17-18-16(21)25-14/h1-2,7-8,10H,3-6,9H2. The van der Waals surface area contributed by atoms with Crippen molar-refractivity contribution in [2.75, 3.05) is 19.9 Å². The molecule has 2 aliphatic heterocycles. The number of hydrogen-bond acceptors (Lipinski definition) is 7. The SMILES string of the molecule is O=C(c1ccc2c(c1)OCO2)N1CCC(c2nn3cnnc3s2)CC1. The molecule has 0 aliphatic carbocycles. The molecule has 1 fully saturated rings. The van der Waals surface area contributed by atoms with Crippen LogP contribution in [0, 0.1) is 0 Å². The minimum atomic E-state index is 0.0369. The van der Waals surface area contributed by atoms with Crippen LogP contribution in [0.5, 0.6) is 11.5 Å². The Bertz CT molecular complexity index is 916. The molecule has 1 amide bonds. The van der Waals surface area contributed by atoms with E-state index in [-0.39, 0.29) is 12.7 Å². The highest BCUT2D eigenvalue weighted by Crippen LogP contribution is 2.34. The first-order chi connectivity index (χ1) is 12.3. The Morgan fingerprint density at radius 1 is 1.20 bits per heavy atom. The first-order valence-electron chi connectivity index (χ1n) is 8.13. The smallest absolute Gasteiger partial charge is 0.253 e. The van der Waals surface area contributed by atoms with Gasteiger partial charge in [-0.25, -0.2) is 0 Å². The number of rotatable bonds is 2. The van der Waals surface area contributed by atoms with Crippen molar-refractivity contribution in [3.05, 3.63) is 35.1 Å². The van der Waals surface area contributed by atoms with E-state index in [1.165, 1.54) is 0 Å². The third-order valence-electron chi connectivity index (χ3n) is 4.65. The van der Waals surface area contributed by atoms with Gasteiger partial charge in [0, 0.05) is 24.6 Å². The summed E-state index contributed by atoms with van der Waals surface area (Å²) in [7, 11) is 0. The van der Waals surface area contributed by atoms with Gasteiger partial charge in [-0.05, 0) is 31.0 Å². The highest BCUT2D eigenvalue weighted by molar-refractivity contribution is 7.16. The van der Waals surface area contributed by atoms with E-state index in [0.717, 1.165) is 35.9 Å². The fraction of sp³-hybridized carbons (Fsp3) is 0.375. The molecule has 5 rings (SSSR count). The van der Waals surface area contributed by atoms with Gasteiger partial charge < -0.3 is 14.4 Å². The van der Waals surface area contributed by atoms with Crippen LogP contribution in [0.3, 0.4) is 0 Å².